The molecule has 32 heavy (non-hydrogen) atoms. The maximum Gasteiger partial charge on any atom is 0.245 e. The lowest BCUT2D eigenvalue weighted by Crippen LogP contribution is -2.58. The van der Waals surface area contributed by atoms with E-state index in [0.717, 1.165) is 0 Å². The Balaban J connectivity index is 2.11. The SMILES string of the molecule is CC(=O)N1CCC[C@H]1C(=O)N[C@@H](Cc1cnc[nH]1)C(=O)N[C@@H](CO)C(=O)N[C@H](C=O)CS. The zero-order chi connectivity index (χ0) is 23.7. The highest BCUT2D eigenvalue weighted by Crippen LogP contribution is 2.17. The molecule has 2 rings (SSSR count). The molecular weight excluding hydrogens is 440 g/mol. The Morgan fingerprint density at radius 2 is 2.00 bits per heavy atom. The number of likely N-dealkylation sites (tertiary alicyclic amines) is 1. The number of aliphatic hydroxyl groups is 1. The Bertz CT molecular complexity index is 819. The molecule has 176 valence electrons. The highest BCUT2D eigenvalue weighted by atomic mass is 32.1. The highest BCUT2D eigenvalue weighted by molar-refractivity contribution is 7.80. The molecular formula is C19H28N6O6S. The molecule has 4 atom stereocenters. The average Bonchev–Trinajstić information content (AvgIpc) is 3.46. The summed E-state index contributed by atoms with van der Waals surface area (Å²) in [4.78, 5) is 68.9. The van der Waals surface area contributed by atoms with Crippen LogP contribution in [0.4, 0.5) is 0 Å². The Morgan fingerprint density at radius 1 is 1.28 bits per heavy atom. The van der Waals surface area contributed by atoms with Gasteiger partial charge in [-0.25, -0.2) is 4.98 Å². The van der Waals surface area contributed by atoms with Gasteiger partial charge in [-0.1, -0.05) is 0 Å². The maximum absolute atomic E-state index is 12.9. The quantitative estimate of drug-likeness (QED) is 0.154. The third-order valence-electron chi connectivity index (χ3n) is 5.08. The van der Waals surface area contributed by atoms with E-state index in [0.29, 0.717) is 31.4 Å². The Morgan fingerprint density at radius 3 is 2.56 bits per heavy atom. The van der Waals surface area contributed by atoms with Crippen molar-refractivity contribution in [3.8, 4) is 0 Å². The predicted molar refractivity (Wildman–Crippen MR) is 115 cm³/mol. The number of rotatable bonds is 11. The van der Waals surface area contributed by atoms with Crippen LogP contribution in [0.3, 0.4) is 0 Å². The van der Waals surface area contributed by atoms with Gasteiger partial charge in [0.15, 0.2) is 0 Å². The number of nitrogens with zero attached hydrogens (tertiary/aromatic N) is 2. The fourth-order valence-corrected chi connectivity index (χ4v) is 3.56. The van der Waals surface area contributed by atoms with Crippen LogP contribution in [0.1, 0.15) is 25.5 Å². The van der Waals surface area contributed by atoms with Gasteiger partial charge in [0.05, 0.1) is 19.0 Å². The summed E-state index contributed by atoms with van der Waals surface area (Å²) in [5.74, 6) is -2.16. The van der Waals surface area contributed by atoms with Gasteiger partial charge in [0.1, 0.15) is 24.4 Å². The molecule has 1 aromatic rings. The van der Waals surface area contributed by atoms with E-state index in [1.807, 2.05) is 0 Å². The van der Waals surface area contributed by atoms with Gasteiger partial charge < -0.3 is 35.7 Å². The lowest BCUT2D eigenvalue weighted by atomic mass is 10.1. The minimum absolute atomic E-state index is 0.0394. The van der Waals surface area contributed by atoms with E-state index in [2.05, 4.69) is 38.5 Å². The number of carbonyl (C=O) groups excluding carboxylic acids is 5. The van der Waals surface area contributed by atoms with E-state index in [9.17, 15) is 29.1 Å². The van der Waals surface area contributed by atoms with Gasteiger partial charge in [-0.2, -0.15) is 12.6 Å². The first-order chi connectivity index (χ1) is 15.3. The molecule has 5 N–H and O–H groups in total. The van der Waals surface area contributed by atoms with Crippen molar-refractivity contribution in [1.29, 1.82) is 0 Å². The van der Waals surface area contributed by atoms with Crippen LogP contribution in [0.5, 0.6) is 0 Å². The molecule has 13 heteroatoms. The lowest BCUT2D eigenvalue weighted by Gasteiger charge is -2.26. The van der Waals surface area contributed by atoms with Crippen LogP contribution < -0.4 is 16.0 Å². The highest BCUT2D eigenvalue weighted by Gasteiger charge is 2.35. The largest absolute Gasteiger partial charge is 0.394 e. The van der Waals surface area contributed by atoms with E-state index < -0.39 is 48.5 Å². The molecule has 4 amide bonds. The number of imidazole rings is 1. The zero-order valence-electron chi connectivity index (χ0n) is 17.6. The van der Waals surface area contributed by atoms with Gasteiger partial charge in [0, 0.05) is 37.5 Å². The van der Waals surface area contributed by atoms with E-state index in [1.165, 1.54) is 24.3 Å². The first kappa shape index (κ1) is 25.3. The van der Waals surface area contributed by atoms with Crippen molar-refractivity contribution < 1.29 is 29.1 Å². The Labute approximate surface area is 190 Å². The van der Waals surface area contributed by atoms with Gasteiger partial charge in [0.2, 0.25) is 23.6 Å². The van der Waals surface area contributed by atoms with Crippen LogP contribution in [-0.2, 0) is 30.4 Å². The van der Waals surface area contributed by atoms with Crippen LogP contribution in [0.15, 0.2) is 12.5 Å². The fourth-order valence-electron chi connectivity index (χ4n) is 3.38. The molecule has 1 aliphatic heterocycles. The molecule has 0 aromatic carbocycles. The Hall–Kier alpha value is -2.93. The second kappa shape index (κ2) is 12.2. The van der Waals surface area contributed by atoms with E-state index in [1.54, 1.807) is 0 Å². The van der Waals surface area contributed by atoms with Crippen molar-refractivity contribution >= 4 is 42.5 Å². The molecule has 0 aliphatic carbocycles. The van der Waals surface area contributed by atoms with Gasteiger partial charge in [-0.3, -0.25) is 19.2 Å². The summed E-state index contributed by atoms with van der Waals surface area (Å²) in [5.41, 5.74) is 0.557. The van der Waals surface area contributed by atoms with Gasteiger partial charge in [0.25, 0.3) is 0 Å². The molecule has 0 radical (unpaired) electrons. The van der Waals surface area contributed by atoms with Crippen molar-refractivity contribution in [2.24, 2.45) is 0 Å². The second-order valence-corrected chi connectivity index (χ2v) is 7.76. The molecule has 0 bridgehead atoms. The number of thiol groups is 1. The number of nitrogens with one attached hydrogen (secondary N) is 4. The van der Waals surface area contributed by atoms with Gasteiger partial charge >= 0.3 is 0 Å². The first-order valence-electron chi connectivity index (χ1n) is 10.1. The summed E-state index contributed by atoms with van der Waals surface area (Å²) in [6.45, 7) is 1.12. The van der Waals surface area contributed by atoms with Crippen LogP contribution in [0.2, 0.25) is 0 Å². The molecule has 2 heterocycles. The van der Waals surface area contributed by atoms with Crippen molar-refractivity contribution in [1.82, 2.24) is 30.8 Å². The number of carbonyl (C=O) groups is 5. The normalized spacial score (nSPS) is 18.3. The number of hydrogen-bond acceptors (Lipinski definition) is 8. The number of aromatic nitrogens is 2. The molecule has 1 aliphatic rings. The summed E-state index contributed by atoms with van der Waals surface area (Å²) in [6.07, 6.45) is 4.58. The fraction of sp³-hybridized carbons (Fsp3) is 0.579. The van der Waals surface area contributed by atoms with E-state index >= 15 is 0 Å². The monoisotopic (exact) mass is 468 g/mol. The number of hydrogen-bond donors (Lipinski definition) is 6. The zero-order valence-corrected chi connectivity index (χ0v) is 18.5. The van der Waals surface area contributed by atoms with Gasteiger partial charge in [-0.05, 0) is 12.8 Å². The molecule has 0 unspecified atom stereocenters. The third kappa shape index (κ3) is 6.79. The maximum atomic E-state index is 12.9. The van der Waals surface area contributed by atoms with Gasteiger partial charge in [-0.15, -0.1) is 0 Å². The molecule has 1 fully saturated rings. The Kier molecular flexibility index (Phi) is 9.65. The van der Waals surface area contributed by atoms with E-state index in [-0.39, 0.29) is 18.1 Å². The number of aromatic amines is 1. The molecule has 1 aromatic heterocycles. The van der Waals surface area contributed by atoms with Crippen LogP contribution >= 0.6 is 12.6 Å². The summed E-state index contributed by atoms with van der Waals surface area (Å²) in [5, 5.41) is 16.9. The third-order valence-corrected chi connectivity index (χ3v) is 5.47. The average molecular weight is 469 g/mol. The number of amides is 4. The van der Waals surface area contributed by atoms with Crippen LogP contribution in [0.25, 0.3) is 0 Å². The van der Waals surface area contributed by atoms with Crippen molar-refractivity contribution in [3.05, 3.63) is 18.2 Å². The summed E-state index contributed by atoms with van der Waals surface area (Å²) in [7, 11) is 0. The molecule has 0 saturated carbocycles. The molecule has 12 nitrogen and oxygen atoms in total. The smallest absolute Gasteiger partial charge is 0.245 e. The van der Waals surface area contributed by atoms with Crippen molar-refractivity contribution in [2.45, 2.75) is 50.4 Å². The summed E-state index contributed by atoms with van der Waals surface area (Å²) >= 11 is 3.94. The molecule has 1 saturated heterocycles. The van der Waals surface area contributed by atoms with Crippen molar-refractivity contribution in [2.75, 3.05) is 18.9 Å². The topological polar surface area (TPSA) is 174 Å². The van der Waals surface area contributed by atoms with Crippen LogP contribution in [-0.4, -0.2) is 93.0 Å². The first-order valence-corrected chi connectivity index (χ1v) is 10.8. The number of aliphatic hydroxyl groups excluding tert-OH is 1. The van der Waals surface area contributed by atoms with Crippen LogP contribution in [0, 0.1) is 0 Å². The standard InChI is InChI=1S/C19H28N6O6S/c1-11(28)25-4-2-3-16(25)19(31)23-14(5-12-6-20-10-21-12)17(29)24-15(8-27)18(30)22-13(7-26)9-32/h6-7,10,13-16,27,32H,2-5,8-9H2,1H3,(H,20,21)(H,22,30)(H,23,31)(H,24,29)/t13-,14+,15+,16+/m1/s1. The van der Waals surface area contributed by atoms with E-state index in [4.69, 9.17) is 0 Å². The minimum Gasteiger partial charge on any atom is -0.394 e. The number of aldehydes is 1. The second-order valence-electron chi connectivity index (χ2n) is 7.39. The van der Waals surface area contributed by atoms with Crippen molar-refractivity contribution in [3.63, 3.8) is 0 Å². The molecule has 0 spiro atoms. The predicted octanol–water partition coefficient (Wildman–Crippen LogP) is -2.46. The summed E-state index contributed by atoms with van der Waals surface area (Å²) in [6, 6.07) is -4.01. The lowest BCUT2D eigenvalue weighted by molar-refractivity contribution is -0.138. The summed E-state index contributed by atoms with van der Waals surface area (Å²) < 4.78 is 0. The number of H-pyrrole nitrogens is 1. The minimum atomic E-state index is -1.34.